The first-order valence-electron chi connectivity index (χ1n) is 8.31. The van der Waals surface area contributed by atoms with Crippen LogP contribution >= 0.6 is 0 Å². The topological polar surface area (TPSA) is 95.9 Å². The highest BCUT2D eigenvalue weighted by Crippen LogP contribution is 2.49. The molecule has 2 amide bonds. The lowest BCUT2D eigenvalue weighted by molar-refractivity contribution is -0.158. The van der Waals surface area contributed by atoms with Crippen molar-refractivity contribution in [3.8, 4) is 0 Å². The van der Waals surface area contributed by atoms with E-state index < -0.39 is 41.9 Å². The van der Waals surface area contributed by atoms with Crippen LogP contribution in [0.4, 0.5) is 0 Å². The number of carbonyl (C=O) groups is 3. The average Bonchev–Trinajstić information content (AvgIpc) is 3.06. The quantitative estimate of drug-likeness (QED) is 0.596. The second-order valence-corrected chi connectivity index (χ2v) is 6.57. The van der Waals surface area contributed by atoms with E-state index in [0.717, 1.165) is 16.0 Å². The second-order valence-electron chi connectivity index (χ2n) is 6.57. The summed E-state index contributed by atoms with van der Waals surface area (Å²) in [6, 6.07) is 6.93. The van der Waals surface area contributed by atoms with Crippen molar-refractivity contribution in [3.63, 3.8) is 0 Å². The molecule has 0 aliphatic carbocycles. The molecule has 2 aliphatic heterocycles. The first-order chi connectivity index (χ1) is 11.9. The molecule has 4 atom stereocenters. The molecule has 0 spiro atoms. The zero-order chi connectivity index (χ0) is 18.4. The number of hydrogen-bond donors (Lipinski definition) is 2. The minimum Gasteiger partial charge on any atom is -0.465 e. The molecule has 2 heterocycles. The van der Waals surface area contributed by atoms with Gasteiger partial charge >= 0.3 is 5.97 Å². The van der Waals surface area contributed by atoms with Gasteiger partial charge in [-0.25, -0.2) is 4.79 Å². The molecule has 1 aromatic rings. The van der Waals surface area contributed by atoms with Crippen LogP contribution in [0.15, 0.2) is 24.3 Å². The Labute approximate surface area is 146 Å². The third-order valence-electron chi connectivity index (χ3n) is 5.29. The fraction of sp³-hybridized carbons (Fsp3) is 0.500. The van der Waals surface area contributed by atoms with Crippen molar-refractivity contribution < 1.29 is 24.2 Å². The van der Waals surface area contributed by atoms with E-state index >= 15 is 0 Å². The van der Waals surface area contributed by atoms with Crippen molar-refractivity contribution in [2.24, 2.45) is 11.8 Å². The number of benzene rings is 1. The molecule has 0 unspecified atom stereocenters. The Hall–Kier alpha value is -2.25. The van der Waals surface area contributed by atoms with Gasteiger partial charge in [0.2, 0.25) is 11.8 Å². The summed E-state index contributed by atoms with van der Waals surface area (Å²) >= 11 is 0. The number of amides is 2. The Morgan fingerprint density at radius 2 is 2.00 bits per heavy atom. The smallest absolute Gasteiger partial charge is 0.329 e. The van der Waals surface area contributed by atoms with Gasteiger partial charge < -0.3 is 9.84 Å². The van der Waals surface area contributed by atoms with Gasteiger partial charge in [-0.15, -0.1) is 0 Å². The van der Waals surface area contributed by atoms with Crippen LogP contribution in [0.1, 0.15) is 24.1 Å². The summed E-state index contributed by atoms with van der Waals surface area (Å²) < 4.78 is 5.12. The largest absolute Gasteiger partial charge is 0.465 e. The number of aliphatic hydroxyl groups excluding tert-OH is 1. The third-order valence-corrected chi connectivity index (χ3v) is 5.29. The number of ether oxygens (including phenoxy) is 1. The van der Waals surface area contributed by atoms with E-state index in [9.17, 15) is 19.5 Å². The number of fused-ring (bicyclic) bond motifs is 1. The van der Waals surface area contributed by atoms with Crippen LogP contribution in [0.5, 0.6) is 0 Å². The molecule has 134 valence electrons. The predicted molar refractivity (Wildman–Crippen MR) is 88.3 cm³/mol. The molecule has 0 aromatic heterocycles. The Morgan fingerprint density at radius 3 is 2.60 bits per heavy atom. The maximum absolute atomic E-state index is 12.7. The van der Waals surface area contributed by atoms with Crippen LogP contribution < -0.4 is 5.32 Å². The zero-order valence-electron chi connectivity index (χ0n) is 14.5. The molecule has 0 saturated carbocycles. The van der Waals surface area contributed by atoms with Gasteiger partial charge in [-0.1, -0.05) is 24.3 Å². The molecular formula is C18H22N2O5. The van der Waals surface area contributed by atoms with Crippen LogP contribution in [-0.2, 0) is 19.1 Å². The lowest BCUT2D eigenvalue weighted by Crippen LogP contribution is -2.58. The fourth-order valence-corrected chi connectivity index (χ4v) is 4.01. The number of aryl methyl sites for hydroxylation is 1. The molecular weight excluding hydrogens is 324 g/mol. The van der Waals surface area contributed by atoms with Crippen LogP contribution in [0.3, 0.4) is 0 Å². The summed E-state index contributed by atoms with van der Waals surface area (Å²) in [5, 5.41) is 13.1. The van der Waals surface area contributed by atoms with Gasteiger partial charge in [-0.05, 0) is 25.0 Å². The molecule has 0 radical (unpaired) electrons. The van der Waals surface area contributed by atoms with Crippen LogP contribution in [0.2, 0.25) is 0 Å². The number of nitrogens with one attached hydrogen (secondary N) is 1. The SMILES string of the molecule is CCOC(=O)[C@]1(CO)N[C@H](c2ccccc2C)[C@H]2C(=O)N(C)C(=O)[C@@H]21. The molecule has 7 nitrogen and oxygen atoms in total. The highest BCUT2D eigenvalue weighted by atomic mass is 16.5. The van der Waals surface area contributed by atoms with Gasteiger partial charge in [0.1, 0.15) is 0 Å². The number of esters is 1. The number of rotatable bonds is 4. The number of imide groups is 1. The summed E-state index contributed by atoms with van der Waals surface area (Å²) in [7, 11) is 1.41. The van der Waals surface area contributed by atoms with Gasteiger partial charge in [0.05, 0.1) is 25.0 Å². The van der Waals surface area contributed by atoms with Crippen LogP contribution in [0, 0.1) is 18.8 Å². The molecule has 2 fully saturated rings. The van der Waals surface area contributed by atoms with Crippen molar-refractivity contribution in [3.05, 3.63) is 35.4 Å². The minimum atomic E-state index is -1.62. The lowest BCUT2D eigenvalue weighted by atomic mass is 9.79. The highest BCUT2D eigenvalue weighted by molar-refractivity contribution is 6.09. The number of carbonyl (C=O) groups excluding carboxylic acids is 3. The Morgan fingerprint density at radius 1 is 1.32 bits per heavy atom. The van der Waals surface area contributed by atoms with Crippen molar-refractivity contribution in [2.45, 2.75) is 25.4 Å². The number of likely N-dealkylation sites (tertiary alicyclic amines) is 1. The molecule has 1 aromatic carbocycles. The van der Waals surface area contributed by atoms with E-state index in [4.69, 9.17) is 4.74 Å². The maximum atomic E-state index is 12.7. The molecule has 3 rings (SSSR count). The van der Waals surface area contributed by atoms with E-state index in [-0.39, 0.29) is 12.5 Å². The van der Waals surface area contributed by atoms with Crippen LogP contribution in [0.25, 0.3) is 0 Å². The molecule has 0 bridgehead atoms. The van der Waals surface area contributed by atoms with Crippen molar-refractivity contribution in [1.29, 1.82) is 0 Å². The van der Waals surface area contributed by atoms with Gasteiger partial charge in [0.25, 0.3) is 0 Å². The first-order valence-corrected chi connectivity index (χ1v) is 8.31. The summed E-state index contributed by atoms with van der Waals surface area (Å²) in [5.74, 6) is -3.27. The highest BCUT2D eigenvalue weighted by Gasteiger charge is 2.68. The number of nitrogens with zero attached hydrogens (tertiary/aromatic N) is 1. The lowest BCUT2D eigenvalue weighted by Gasteiger charge is -2.30. The van der Waals surface area contributed by atoms with Gasteiger partial charge in [0.15, 0.2) is 5.54 Å². The molecule has 7 heteroatoms. The van der Waals surface area contributed by atoms with E-state index in [0.29, 0.717) is 0 Å². The predicted octanol–water partition coefficient (Wildman–Crippen LogP) is 0.165. The van der Waals surface area contributed by atoms with Crippen molar-refractivity contribution in [2.75, 3.05) is 20.3 Å². The Bertz CT molecular complexity index is 734. The van der Waals surface area contributed by atoms with Crippen LogP contribution in [-0.4, -0.2) is 53.6 Å². The van der Waals surface area contributed by atoms with E-state index in [1.807, 2.05) is 31.2 Å². The fourth-order valence-electron chi connectivity index (χ4n) is 4.01. The standard InChI is InChI=1S/C18H22N2O5/c1-4-25-17(24)18(9-21)13-12(15(22)20(3)16(13)23)14(19-18)11-8-6-5-7-10(11)2/h5-8,12-14,19,21H,4,9H2,1-3H3/t12-,13+,14+,18+/m0/s1. The molecule has 25 heavy (non-hydrogen) atoms. The normalized spacial score (nSPS) is 31.4. The first kappa shape index (κ1) is 17.6. The summed E-state index contributed by atoms with van der Waals surface area (Å²) in [5.41, 5.74) is 0.144. The van der Waals surface area contributed by atoms with Crippen molar-refractivity contribution >= 4 is 17.8 Å². The Balaban J connectivity index is 2.14. The summed E-state index contributed by atoms with van der Waals surface area (Å²) in [4.78, 5) is 39.1. The average molecular weight is 346 g/mol. The third kappa shape index (κ3) is 2.38. The molecule has 2 saturated heterocycles. The van der Waals surface area contributed by atoms with Gasteiger partial charge in [-0.3, -0.25) is 19.8 Å². The molecule has 2 N–H and O–H groups in total. The maximum Gasteiger partial charge on any atom is 0.329 e. The molecule has 2 aliphatic rings. The van der Waals surface area contributed by atoms with E-state index in [1.54, 1.807) is 6.92 Å². The summed E-state index contributed by atoms with van der Waals surface area (Å²) in [6.45, 7) is 3.05. The Kier molecular flexibility index (Phi) is 4.38. The minimum absolute atomic E-state index is 0.118. The van der Waals surface area contributed by atoms with E-state index in [2.05, 4.69) is 5.32 Å². The number of aliphatic hydroxyl groups is 1. The second kappa shape index (κ2) is 6.24. The van der Waals surface area contributed by atoms with Crippen molar-refractivity contribution in [1.82, 2.24) is 10.2 Å². The number of hydrogen-bond acceptors (Lipinski definition) is 6. The van der Waals surface area contributed by atoms with E-state index in [1.165, 1.54) is 7.05 Å². The van der Waals surface area contributed by atoms with Gasteiger partial charge in [0, 0.05) is 13.1 Å². The monoisotopic (exact) mass is 346 g/mol. The zero-order valence-corrected chi connectivity index (χ0v) is 14.5. The summed E-state index contributed by atoms with van der Waals surface area (Å²) in [6.07, 6.45) is 0. The van der Waals surface area contributed by atoms with Gasteiger partial charge in [-0.2, -0.15) is 0 Å².